The molecule has 5 heteroatoms. The van der Waals surface area contributed by atoms with E-state index in [1.54, 1.807) is 13.8 Å². The third kappa shape index (κ3) is 2.18. The molecule has 0 unspecified atom stereocenters. The SMILES string of the molecule is CCOC(=O)c1cnc(OC)nc1C. The van der Waals surface area contributed by atoms with Gasteiger partial charge >= 0.3 is 12.0 Å². The molecule has 0 radical (unpaired) electrons. The quantitative estimate of drug-likeness (QED) is 0.674. The van der Waals surface area contributed by atoms with E-state index in [9.17, 15) is 4.79 Å². The van der Waals surface area contributed by atoms with Gasteiger partial charge in [-0.2, -0.15) is 4.98 Å². The second-order valence-electron chi connectivity index (χ2n) is 2.58. The smallest absolute Gasteiger partial charge is 0.341 e. The molecule has 0 aromatic carbocycles. The first-order valence-corrected chi connectivity index (χ1v) is 4.23. The van der Waals surface area contributed by atoms with Crippen molar-refractivity contribution in [1.29, 1.82) is 0 Å². The predicted octanol–water partition coefficient (Wildman–Crippen LogP) is 0.970. The number of hydrogen-bond acceptors (Lipinski definition) is 5. The maximum atomic E-state index is 11.3. The first kappa shape index (κ1) is 10.4. The van der Waals surface area contributed by atoms with Crippen LogP contribution < -0.4 is 4.74 Å². The highest BCUT2D eigenvalue weighted by Gasteiger charge is 2.12. The summed E-state index contributed by atoms with van der Waals surface area (Å²) in [5, 5.41) is 0. The summed E-state index contributed by atoms with van der Waals surface area (Å²) in [4.78, 5) is 19.1. The van der Waals surface area contributed by atoms with Crippen LogP contribution in [0.5, 0.6) is 6.01 Å². The normalized spacial score (nSPS) is 9.64. The number of hydrogen-bond donors (Lipinski definition) is 0. The van der Waals surface area contributed by atoms with Crippen molar-refractivity contribution in [3.63, 3.8) is 0 Å². The number of aromatic nitrogens is 2. The van der Waals surface area contributed by atoms with Gasteiger partial charge in [-0.3, -0.25) is 0 Å². The van der Waals surface area contributed by atoms with Crippen LogP contribution in [0.1, 0.15) is 23.0 Å². The highest BCUT2D eigenvalue weighted by Crippen LogP contribution is 2.09. The molecule has 0 atom stereocenters. The first-order valence-electron chi connectivity index (χ1n) is 4.23. The summed E-state index contributed by atoms with van der Waals surface area (Å²) >= 11 is 0. The summed E-state index contributed by atoms with van der Waals surface area (Å²) in [6.45, 7) is 3.79. The molecule has 5 nitrogen and oxygen atoms in total. The largest absolute Gasteiger partial charge is 0.467 e. The van der Waals surface area contributed by atoms with Crippen molar-refractivity contribution >= 4 is 5.97 Å². The third-order valence-corrected chi connectivity index (χ3v) is 1.64. The molecular weight excluding hydrogens is 184 g/mol. The van der Waals surface area contributed by atoms with Gasteiger partial charge in [0, 0.05) is 6.20 Å². The van der Waals surface area contributed by atoms with Gasteiger partial charge in [-0.05, 0) is 13.8 Å². The van der Waals surface area contributed by atoms with Crippen LogP contribution in [0.2, 0.25) is 0 Å². The van der Waals surface area contributed by atoms with E-state index in [1.165, 1.54) is 13.3 Å². The number of ether oxygens (including phenoxy) is 2. The molecule has 0 spiro atoms. The van der Waals surface area contributed by atoms with Gasteiger partial charge in [0.1, 0.15) is 0 Å². The van der Waals surface area contributed by atoms with Crippen molar-refractivity contribution in [3.8, 4) is 6.01 Å². The fraction of sp³-hybridized carbons (Fsp3) is 0.444. The number of methoxy groups -OCH3 is 1. The zero-order valence-electron chi connectivity index (χ0n) is 8.40. The highest BCUT2D eigenvalue weighted by atomic mass is 16.5. The molecule has 14 heavy (non-hydrogen) atoms. The van der Waals surface area contributed by atoms with Crippen LogP contribution in [0, 0.1) is 6.92 Å². The van der Waals surface area contributed by atoms with E-state index >= 15 is 0 Å². The molecule has 1 heterocycles. The van der Waals surface area contributed by atoms with Gasteiger partial charge in [0.25, 0.3) is 0 Å². The fourth-order valence-electron chi connectivity index (χ4n) is 0.953. The van der Waals surface area contributed by atoms with Crippen molar-refractivity contribution in [2.24, 2.45) is 0 Å². The maximum Gasteiger partial charge on any atom is 0.341 e. The molecule has 0 saturated heterocycles. The maximum absolute atomic E-state index is 11.3. The Balaban J connectivity index is 2.94. The van der Waals surface area contributed by atoms with Crippen LogP contribution in [0.4, 0.5) is 0 Å². The molecule has 0 aliphatic rings. The Labute approximate surface area is 82.1 Å². The number of rotatable bonds is 3. The van der Waals surface area contributed by atoms with Crippen LogP contribution in [0.3, 0.4) is 0 Å². The molecule has 0 fully saturated rings. The Morgan fingerprint density at radius 3 is 2.79 bits per heavy atom. The molecule has 0 bridgehead atoms. The Morgan fingerprint density at radius 2 is 2.29 bits per heavy atom. The van der Waals surface area contributed by atoms with Crippen LogP contribution in [-0.2, 0) is 4.74 Å². The minimum absolute atomic E-state index is 0.246. The fourth-order valence-corrected chi connectivity index (χ4v) is 0.953. The standard InChI is InChI=1S/C9H12N2O3/c1-4-14-8(12)7-5-10-9(13-3)11-6(7)2/h5H,4H2,1-3H3. The van der Waals surface area contributed by atoms with Crippen LogP contribution in [-0.4, -0.2) is 29.7 Å². The van der Waals surface area contributed by atoms with Gasteiger partial charge < -0.3 is 9.47 Å². The van der Waals surface area contributed by atoms with Gasteiger partial charge in [-0.15, -0.1) is 0 Å². The third-order valence-electron chi connectivity index (χ3n) is 1.64. The molecule has 1 rings (SSSR count). The number of carbonyl (C=O) groups is 1. The molecule has 0 N–H and O–H groups in total. The van der Waals surface area contributed by atoms with Crippen molar-refractivity contribution in [2.45, 2.75) is 13.8 Å². The summed E-state index contributed by atoms with van der Waals surface area (Å²) in [6, 6.07) is 0.246. The lowest BCUT2D eigenvalue weighted by Crippen LogP contribution is -2.09. The van der Waals surface area contributed by atoms with E-state index in [4.69, 9.17) is 9.47 Å². The minimum atomic E-state index is -0.410. The Morgan fingerprint density at radius 1 is 1.57 bits per heavy atom. The first-order chi connectivity index (χ1) is 6.69. The summed E-state index contributed by atoms with van der Waals surface area (Å²) in [5.41, 5.74) is 0.919. The summed E-state index contributed by atoms with van der Waals surface area (Å²) in [6.07, 6.45) is 1.40. The van der Waals surface area contributed by atoms with E-state index in [2.05, 4.69) is 9.97 Å². The van der Waals surface area contributed by atoms with E-state index in [0.29, 0.717) is 17.9 Å². The van der Waals surface area contributed by atoms with Crippen LogP contribution in [0.15, 0.2) is 6.20 Å². The lowest BCUT2D eigenvalue weighted by molar-refractivity contribution is 0.0524. The van der Waals surface area contributed by atoms with Crippen molar-refractivity contribution in [2.75, 3.05) is 13.7 Å². The number of nitrogens with zero attached hydrogens (tertiary/aromatic N) is 2. The molecule has 0 aliphatic heterocycles. The highest BCUT2D eigenvalue weighted by molar-refractivity contribution is 5.90. The Hall–Kier alpha value is -1.65. The zero-order chi connectivity index (χ0) is 10.6. The summed E-state index contributed by atoms with van der Waals surface area (Å²) in [5.74, 6) is -0.410. The summed E-state index contributed by atoms with van der Waals surface area (Å²) in [7, 11) is 1.47. The number of esters is 1. The average Bonchev–Trinajstić information content (AvgIpc) is 2.17. The molecule has 0 aliphatic carbocycles. The van der Waals surface area contributed by atoms with Gasteiger partial charge in [0.05, 0.1) is 25.0 Å². The van der Waals surface area contributed by atoms with Crippen LogP contribution >= 0.6 is 0 Å². The summed E-state index contributed by atoms with van der Waals surface area (Å²) < 4.78 is 9.64. The molecule has 76 valence electrons. The van der Waals surface area contributed by atoms with E-state index in [0.717, 1.165) is 0 Å². The Kier molecular flexibility index (Phi) is 3.39. The van der Waals surface area contributed by atoms with Crippen molar-refractivity contribution < 1.29 is 14.3 Å². The van der Waals surface area contributed by atoms with Gasteiger partial charge in [-0.1, -0.05) is 0 Å². The van der Waals surface area contributed by atoms with E-state index in [-0.39, 0.29) is 6.01 Å². The van der Waals surface area contributed by atoms with E-state index < -0.39 is 5.97 Å². The lowest BCUT2D eigenvalue weighted by Gasteiger charge is -2.04. The lowest BCUT2D eigenvalue weighted by atomic mass is 10.2. The van der Waals surface area contributed by atoms with Gasteiger partial charge in [-0.25, -0.2) is 9.78 Å². The zero-order valence-corrected chi connectivity index (χ0v) is 8.40. The second kappa shape index (κ2) is 4.55. The van der Waals surface area contributed by atoms with Crippen molar-refractivity contribution in [3.05, 3.63) is 17.5 Å². The van der Waals surface area contributed by atoms with E-state index in [1.807, 2.05) is 0 Å². The van der Waals surface area contributed by atoms with Gasteiger partial charge in [0.2, 0.25) is 0 Å². The topological polar surface area (TPSA) is 61.3 Å². The molecule has 1 aromatic rings. The average molecular weight is 196 g/mol. The predicted molar refractivity (Wildman–Crippen MR) is 49.3 cm³/mol. The minimum Gasteiger partial charge on any atom is -0.467 e. The number of aryl methyl sites for hydroxylation is 1. The second-order valence-corrected chi connectivity index (χ2v) is 2.58. The Bertz CT molecular complexity index is 339. The van der Waals surface area contributed by atoms with Crippen molar-refractivity contribution in [1.82, 2.24) is 9.97 Å². The van der Waals surface area contributed by atoms with Gasteiger partial charge in [0.15, 0.2) is 0 Å². The number of carbonyl (C=O) groups excluding carboxylic acids is 1. The molecule has 0 saturated carbocycles. The molecule has 1 aromatic heterocycles. The molecule has 0 amide bonds. The molecular formula is C9H12N2O3. The van der Waals surface area contributed by atoms with Crippen LogP contribution in [0.25, 0.3) is 0 Å². The monoisotopic (exact) mass is 196 g/mol.